The molecule has 1 aromatic rings. The van der Waals surface area contributed by atoms with Crippen molar-refractivity contribution in [2.24, 2.45) is 5.92 Å². The molecule has 0 unspecified atom stereocenters. The van der Waals surface area contributed by atoms with E-state index in [0.717, 1.165) is 18.4 Å². The summed E-state index contributed by atoms with van der Waals surface area (Å²) in [6, 6.07) is 4.54. The molecule has 0 atom stereocenters. The van der Waals surface area contributed by atoms with Crippen molar-refractivity contribution < 1.29 is 23.0 Å². The lowest BCUT2D eigenvalue weighted by atomic mass is 10.2. The number of fused-ring (bicyclic) bond motifs is 1. The summed E-state index contributed by atoms with van der Waals surface area (Å²) >= 11 is 0. The summed E-state index contributed by atoms with van der Waals surface area (Å²) in [5.74, 6) is 0.201. The Morgan fingerprint density at radius 2 is 2.10 bits per heavy atom. The van der Waals surface area contributed by atoms with Gasteiger partial charge in [-0.1, -0.05) is 6.07 Å². The van der Waals surface area contributed by atoms with Gasteiger partial charge in [-0.15, -0.1) is 8.78 Å². The molecule has 108 valence electrons. The van der Waals surface area contributed by atoms with E-state index >= 15 is 0 Å². The van der Waals surface area contributed by atoms with Crippen LogP contribution in [0.5, 0.6) is 11.5 Å². The Balaban J connectivity index is 1.60. The molecular weight excluding hydrogens is 270 g/mol. The van der Waals surface area contributed by atoms with Gasteiger partial charge in [0.25, 0.3) is 0 Å². The van der Waals surface area contributed by atoms with E-state index in [1.807, 2.05) is 0 Å². The highest BCUT2D eigenvalue weighted by Gasteiger charge is 2.43. The van der Waals surface area contributed by atoms with Crippen LogP contribution >= 0.6 is 0 Å². The Hall–Kier alpha value is -1.89. The summed E-state index contributed by atoms with van der Waals surface area (Å²) in [4.78, 5) is 11.7. The molecule has 1 aliphatic carbocycles. The molecule has 1 N–H and O–H groups in total. The van der Waals surface area contributed by atoms with Crippen molar-refractivity contribution in [3.8, 4) is 11.5 Å². The maximum absolute atomic E-state index is 12.9. The number of rotatable bonds is 4. The summed E-state index contributed by atoms with van der Waals surface area (Å²) in [5.41, 5.74) is 3.65. The molecule has 0 aromatic heterocycles. The van der Waals surface area contributed by atoms with Crippen molar-refractivity contribution in [1.82, 2.24) is 10.4 Å². The Kier molecular flexibility index (Phi) is 3.01. The van der Waals surface area contributed by atoms with Crippen molar-refractivity contribution in [2.45, 2.75) is 25.7 Å². The standard InChI is InChI=1S/C13H14F2N2O3/c1-17(12(18)9-3-4-9)16-7-8-2-5-10-11(6-8)20-13(14,15)19-10/h2,5-6,9,16H,3-4,7H2,1H3. The van der Waals surface area contributed by atoms with E-state index in [1.165, 1.54) is 17.1 Å². The first-order valence-corrected chi connectivity index (χ1v) is 6.34. The number of nitrogens with zero attached hydrogens (tertiary/aromatic N) is 1. The summed E-state index contributed by atoms with van der Waals surface area (Å²) < 4.78 is 34.4. The van der Waals surface area contributed by atoms with E-state index in [0.29, 0.717) is 6.54 Å². The normalized spacial score (nSPS) is 18.9. The van der Waals surface area contributed by atoms with E-state index in [9.17, 15) is 13.6 Å². The van der Waals surface area contributed by atoms with Crippen LogP contribution in [-0.2, 0) is 11.3 Å². The second-order valence-corrected chi connectivity index (χ2v) is 4.95. The Bertz CT molecular complexity index is 546. The minimum Gasteiger partial charge on any atom is -0.395 e. The summed E-state index contributed by atoms with van der Waals surface area (Å²) in [5, 5.41) is 1.44. The average Bonchev–Trinajstić information content (AvgIpc) is 3.17. The number of amides is 1. The van der Waals surface area contributed by atoms with Crippen LogP contribution in [0.3, 0.4) is 0 Å². The third kappa shape index (κ3) is 2.67. The van der Waals surface area contributed by atoms with E-state index in [1.54, 1.807) is 13.1 Å². The lowest BCUT2D eigenvalue weighted by Crippen LogP contribution is -2.39. The quantitative estimate of drug-likeness (QED) is 0.858. The van der Waals surface area contributed by atoms with E-state index in [-0.39, 0.29) is 23.3 Å². The highest BCUT2D eigenvalue weighted by atomic mass is 19.3. The van der Waals surface area contributed by atoms with E-state index in [2.05, 4.69) is 14.9 Å². The lowest BCUT2D eigenvalue weighted by Gasteiger charge is -2.18. The molecule has 0 spiro atoms. The molecule has 1 amide bonds. The van der Waals surface area contributed by atoms with Crippen molar-refractivity contribution in [3.63, 3.8) is 0 Å². The number of alkyl halides is 2. The van der Waals surface area contributed by atoms with Crippen molar-refractivity contribution in [3.05, 3.63) is 23.8 Å². The topological polar surface area (TPSA) is 50.8 Å². The number of hydrogen-bond acceptors (Lipinski definition) is 4. The summed E-state index contributed by atoms with van der Waals surface area (Å²) in [6.07, 6.45) is -1.74. The maximum atomic E-state index is 12.9. The van der Waals surface area contributed by atoms with Gasteiger partial charge < -0.3 is 9.47 Å². The van der Waals surface area contributed by atoms with Crippen LogP contribution in [0.15, 0.2) is 18.2 Å². The number of carbonyl (C=O) groups is 1. The van der Waals surface area contributed by atoms with Gasteiger partial charge >= 0.3 is 6.29 Å². The van der Waals surface area contributed by atoms with Gasteiger partial charge in [0.2, 0.25) is 5.91 Å². The van der Waals surface area contributed by atoms with Crippen LogP contribution in [-0.4, -0.2) is 24.3 Å². The fourth-order valence-corrected chi connectivity index (χ4v) is 2.00. The molecule has 20 heavy (non-hydrogen) atoms. The lowest BCUT2D eigenvalue weighted by molar-refractivity contribution is -0.286. The smallest absolute Gasteiger partial charge is 0.395 e. The first kappa shape index (κ1) is 13.1. The van der Waals surface area contributed by atoms with Gasteiger partial charge in [0.05, 0.1) is 0 Å². The Labute approximate surface area is 114 Å². The molecule has 1 fully saturated rings. The minimum atomic E-state index is -3.60. The molecule has 1 aliphatic heterocycles. The average molecular weight is 284 g/mol. The third-order valence-electron chi connectivity index (χ3n) is 3.24. The maximum Gasteiger partial charge on any atom is 0.586 e. The van der Waals surface area contributed by atoms with E-state index < -0.39 is 6.29 Å². The van der Waals surface area contributed by atoms with Crippen LogP contribution < -0.4 is 14.9 Å². The predicted octanol–water partition coefficient (Wildman–Crippen LogP) is 1.88. The summed E-state index contributed by atoms with van der Waals surface area (Å²) in [7, 11) is 1.65. The first-order chi connectivity index (χ1) is 9.44. The zero-order valence-corrected chi connectivity index (χ0v) is 10.9. The Morgan fingerprint density at radius 1 is 1.40 bits per heavy atom. The van der Waals surface area contributed by atoms with Crippen LogP contribution in [0.4, 0.5) is 8.78 Å². The van der Waals surface area contributed by atoms with Gasteiger partial charge in [-0.05, 0) is 30.5 Å². The van der Waals surface area contributed by atoms with Gasteiger partial charge in [0.1, 0.15) is 0 Å². The zero-order chi connectivity index (χ0) is 14.3. The van der Waals surface area contributed by atoms with E-state index in [4.69, 9.17) is 0 Å². The molecular formula is C13H14F2N2O3. The molecule has 0 radical (unpaired) electrons. The predicted molar refractivity (Wildman–Crippen MR) is 65.0 cm³/mol. The number of benzene rings is 1. The fraction of sp³-hybridized carbons (Fsp3) is 0.462. The van der Waals surface area contributed by atoms with Crippen molar-refractivity contribution in [2.75, 3.05) is 7.05 Å². The monoisotopic (exact) mass is 284 g/mol. The molecule has 7 heteroatoms. The highest BCUT2D eigenvalue weighted by Crippen LogP contribution is 2.41. The minimum absolute atomic E-state index is 0.00507. The number of ether oxygens (including phenoxy) is 2. The first-order valence-electron chi connectivity index (χ1n) is 6.34. The molecule has 3 rings (SSSR count). The van der Waals surface area contributed by atoms with Gasteiger partial charge in [-0.25, -0.2) is 5.43 Å². The molecule has 1 heterocycles. The molecule has 1 saturated carbocycles. The van der Waals surface area contributed by atoms with Crippen molar-refractivity contribution >= 4 is 5.91 Å². The SMILES string of the molecule is CN(NCc1ccc2c(c1)OC(F)(F)O2)C(=O)C1CC1. The second kappa shape index (κ2) is 4.59. The van der Waals surface area contributed by atoms with Crippen molar-refractivity contribution in [1.29, 1.82) is 0 Å². The largest absolute Gasteiger partial charge is 0.586 e. The van der Waals surface area contributed by atoms with Crippen LogP contribution in [0, 0.1) is 5.92 Å². The van der Waals surface area contributed by atoms with Gasteiger partial charge in [-0.3, -0.25) is 9.80 Å². The molecule has 0 bridgehead atoms. The summed E-state index contributed by atoms with van der Waals surface area (Å²) in [6.45, 7) is 0.344. The third-order valence-corrected chi connectivity index (χ3v) is 3.24. The van der Waals surface area contributed by atoms with Crippen LogP contribution in [0.25, 0.3) is 0 Å². The number of hydrogen-bond donors (Lipinski definition) is 1. The number of hydrazine groups is 1. The second-order valence-electron chi connectivity index (χ2n) is 4.95. The van der Waals surface area contributed by atoms with Gasteiger partial charge in [0.15, 0.2) is 11.5 Å². The number of nitrogens with one attached hydrogen (secondary N) is 1. The molecule has 0 saturated heterocycles. The molecule has 5 nitrogen and oxygen atoms in total. The van der Waals surface area contributed by atoms with Crippen LogP contribution in [0.1, 0.15) is 18.4 Å². The van der Waals surface area contributed by atoms with Crippen LogP contribution in [0.2, 0.25) is 0 Å². The zero-order valence-electron chi connectivity index (χ0n) is 10.9. The Morgan fingerprint density at radius 3 is 2.80 bits per heavy atom. The van der Waals surface area contributed by atoms with Gasteiger partial charge in [-0.2, -0.15) is 0 Å². The fourth-order valence-electron chi connectivity index (χ4n) is 2.00. The molecule has 2 aliphatic rings. The number of carbonyl (C=O) groups excluding carboxylic acids is 1. The van der Waals surface area contributed by atoms with Gasteiger partial charge in [0, 0.05) is 19.5 Å². The highest BCUT2D eigenvalue weighted by molar-refractivity contribution is 5.80. The molecule has 1 aromatic carbocycles. The number of halogens is 2.